The van der Waals surface area contributed by atoms with Crippen LogP contribution in [0.4, 0.5) is 4.39 Å². The Morgan fingerprint density at radius 3 is 2.52 bits per heavy atom. The van der Waals surface area contributed by atoms with E-state index in [1.165, 1.54) is 17.7 Å². The molecule has 1 amide bonds. The van der Waals surface area contributed by atoms with Gasteiger partial charge in [-0.15, -0.1) is 0 Å². The number of carbonyl (C=O) groups is 1. The number of halogens is 1. The second kappa shape index (κ2) is 5.82. The summed E-state index contributed by atoms with van der Waals surface area (Å²) < 4.78 is 13.2. The van der Waals surface area contributed by atoms with Crippen molar-refractivity contribution in [1.82, 2.24) is 4.90 Å². The molecule has 1 aromatic heterocycles. The Morgan fingerprint density at radius 1 is 1.14 bits per heavy atom. The van der Waals surface area contributed by atoms with Crippen LogP contribution in [0.5, 0.6) is 0 Å². The molecule has 2 aromatic rings. The van der Waals surface area contributed by atoms with Crippen LogP contribution >= 0.6 is 11.3 Å². The summed E-state index contributed by atoms with van der Waals surface area (Å²) in [4.78, 5) is 14.0. The first-order valence-electron chi connectivity index (χ1n) is 7.02. The van der Waals surface area contributed by atoms with E-state index in [2.05, 4.69) is 11.4 Å². The van der Waals surface area contributed by atoms with Gasteiger partial charge in [0.25, 0.3) is 0 Å². The molecular weight excluding hydrogens is 285 g/mol. The summed E-state index contributed by atoms with van der Waals surface area (Å²) >= 11 is 1.64. The van der Waals surface area contributed by atoms with Crippen LogP contribution in [0.15, 0.2) is 41.1 Å². The van der Waals surface area contributed by atoms with Gasteiger partial charge in [0.15, 0.2) is 0 Å². The number of allylic oxidation sites excluding steroid dienone is 1. The molecule has 3 rings (SSSR count). The van der Waals surface area contributed by atoms with E-state index in [1.807, 2.05) is 17.2 Å². The highest BCUT2D eigenvalue weighted by Gasteiger charge is 2.27. The predicted octanol–water partition coefficient (Wildman–Crippen LogP) is 4.40. The smallest absolute Gasteiger partial charge is 0.227 e. The van der Waals surface area contributed by atoms with Gasteiger partial charge in [-0.3, -0.25) is 4.79 Å². The second-order valence-corrected chi connectivity index (χ2v) is 5.76. The van der Waals surface area contributed by atoms with Crippen molar-refractivity contribution in [1.29, 1.82) is 0 Å². The fourth-order valence-corrected chi connectivity index (χ4v) is 3.43. The molecule has 2 heterocycles. The minimum atomic E-state index is -0.262. The average Bonchev–Trinajstić information content (AvgIpc) is 3.02. The van der Waals surface area contributed by atoms with Gasteiger partial charge >= 0.3 is 0 Å². The molecule has 0 saturated carbocycles. The molecule has 0 unspecified atom stereocenters. The first-order valence-corrected chi connectivity index (χ1v) is 7.97. The number of rotatable bonds is 3. The molecule has 0 radical (unpaired) electrons. The van der Waals surface area contributed by atoms with Crippen LogP contribution in [-0.2, 0) is 4.79 Å². The molecule has 0 atom stereocenters. The fraction of sp³-hybridized carbons (Fsp3) is 0.235. The molecule has 0 fully saturated rings. The van der Waals surface area contributed by atoms with Gasteiger partial charge in [-0.05, 0) is 71.1 Å². The van der Waals surface area contributed by atoms with E-state index in [0.717, 1.165) is 23.2 Å². The Morgan fingerprint density at radius 2 is 1.90 bits per heavy atom. The summed E-state index contributed by atoms with van der Waals surface area (Å²) in [6.07, 6.45) is 1.27. The van der Waals surface area contributed by atoms with Crippen LogP contribution in [0.25, 0.3) is 11.3 Å². The van der Waals surface area contributed by atoms with Crippen LogP contribution in [0.1, 0.15) is 30.9 Å². The van der Waals surface area contributed by atoms with Crippen molar-refractivity contribution < 1.29 is 9.18 Å². The van der Waals surface area contributed by atoms with Crippen LogP contribution in [-0.4, -0.2) is 17.4 Å². The summed E-state index contributed by atoms with van der Waals surface area (Å²) in [7, 11) is 0. The lowest BCUT2D eigenvalue weighted by Crippen LogP contribution is -2.32. The van der Waals surface area contributed by atoms with Crippen LogP contribution in [0.3, 0.4) is 0 Å². The van der Waals surface area contributed by atoms with E-state index >= 15 is 0 Å². The molecule has 0 saturated heterocycles. The zero-order valence-corrected chi connectivity index (χ0v) is 12.6. The van der Waals surface area contributed by atoms with E-state index in [1.54, 1.807) is 23.5 Å². The van der Waals surface area contributed by atoms with Gasteiger partial charge in [-0.1, -0.05) is 0 Å². The Hall–Kier alpha value is -1.94. The molecular formula is C17H16FNOS. The van der Waals surface area contributed by atoms with Crippen molar-refractivity contribution in [2.24, 2.45) is 0 Å². The van der Waals surface area contributed by atoms with Crippen molar-refractivity contribution in [2.75, 3.05) is 6.54 Å². The number of hydrogen-bond donors (Lipinski definition) is 0. The topological polar surface area (TPSA) is 20.3 Å². The number of carbonyl (C=O) groups excluding carboxylic acids is 1. The van der Waals surface area contributed by atoms with Gasteiger partial charge in [0, 0.05) is 13.0 Å². The first kappa shape index (κ1) is 14.0. The van der Waals surface area contributed by atoms with Crippen molar-refractivity contribution in [3.8, 4) is 0 Å². The number of thiophene rings is 1. The Labute approximate surface area is 127 Å². The zero-order valence-electron chi connectivity index (χ0n) is 11.8. The highest BCUT2D eigenvalue weighted by Crippen LogP contribution is 2.37. The molecule has 2 nitrogen and oxygen atoms in total. The monoisotopic (exact) mass is 301 g/mol. The van der Waals surface area contributed by atoms with Crippen LogP contribution in [0.2, 0.25) is 0 Å². The van der Waals surface area contributed by atoms with E-state index in [9.17, 15) is 9.18 Å². The Bertz CT molecular complexity index is 673. The van der Waals surface area contributed by atoms with Gasteiger partial charge in [0.2, 0.25) is 5.91 Å². The maximum atomic E-state index is 13.2. The van der Waals surface area contributed by atoms with E-state index in [4.69, 9.17) is 0 Å². The minimum Gasteiger partial charge on any atom is -0.312 e. The summed E-state index contributed by atoms with van der Waals surface area (Å²) in [5.41, 5.74) is 4.15. The van der Waals surface area contributed by atoms with E-state index < -0.39 is 0 Å². The third kappa shape index (κ3) is 2.63. The zero-order chi connectivity index (χ0) is 14.8. The van der Waals surface area contributed by atoms with Crippen molar-refractivity contribution in [3.63, 3.8) is 0 Å². The highest BCUT2D eigenvalue weighted by molar-refractivity contribution is 7.08. The lowest BCUT2D eigenvalue weighted by atomic mass is 9.93. The fourth-order valence-electron chi connectivity index (χ4n) is 2.76. The molecule has 1 aromatic carbocycles. The third-order valence-electron chi connectivity index (χ3n) is 3.75. The number of benzene rings is 1. The molecule has 4 heteroatoms. The first-order chi connectivity index (χ1) is 10.2. The quantitative estimate of drug-likeness (QED) is 0.823. The molecule has 0 N–H and O–H groups in total. The summed E-state index contributed by atoms with van der Waals surface area (Å²) in [5, 5.41) is 4.14. The lowest BCUT2D eigenvalue weighted by molar-refractivity contribution is -0.128. The average molecular weight is 301 g/mol. The van der Waals surface area contributed by atoms with Crippen molar-refractivity contribution in [3.05, 3.63) is 58.0 Å². The van der Waals surface area contributed by atoms with Gasteiger partial charge < -0.3 is 4.90 Å². The summed E-state index contributed by atoms with van der Waals surface area (Å²) in [5.74, 6) is -0.127. The summed E-state index contributed by atoms with van der Waals surface area (Å²) in [6, 6.07) is 8.46. The number of nitrogens with zero attached hydrogens (tertiary/aromatic N) is 1. The molecule has 0 bridgehead atoms. The van der Waals surface area contributed by atoms with E-state index in [-0.39, 0.29) is 11.7 Å². The maximum Gasteiger partial charge on any atom is 0.227 e. The number of hydrogen-bond acceptors (Lipinski definition) is 2. The standard InChI is InChI=1S/C17H16FNOS/c1-2-19-16(20)8-7-15(13-9-10-21-11-13)17(19)12-3-5-14(18)6-4-12/h3-6,9-11H,2,7-8H2,1H3. The van der Waals surface area contributed by atoms with Crippen molar-refractivity contribution in [2.45, 2.75) is 19.8 Å². The molecule has 1 aliphatic rings. The van der Waals surface area contributed by atoms with Crippen LogP contribution in [0, 0.1) is 5.82 Å². The normalized spacial score (nSPS) is 15.7. The molecule has 108 valence electrons. The predicted molar refractivity (Wildman–Crippen MR) is 84.2 cm³/mol. The highest BCUT2D eigenvalue weighted by atomic mass is 32.1. The molecule has 0 spiro atoms. The molecule has 21 heavy (non-hydrogen) atoms. The Balaban J connectivity index is 2.18. The lowest BCUT2D eigenvalue weighted by Gasteiger charge is -2.31. The third-order valence-corrected chi connectivity index (χ3v) is 4.43. The van der Waals surface area contributed by atoms with Gasteiger partial charge in [-0.25, -0.2) is 4.39 Å². The van der Waals surface area contributed by atoms with Crippen molar-refractivity contribution >= 4 is 28.5 Å². The Kier molecular flexibility index (Phi) is 3.88. The minimum absolute atomic E-state index is 0.135. The van der Waals surface area contributed by atoms with E-state index in [0.29, 0.717) is 13.0 Å². The molecule has 0 aliphatic carbocycles. The van der Waals surface area contributed by atoms with Gasteiger partial charge in [0.05, 0.1) is 5.70 Å². The SMILES string of the molecule is CCN1C(=O)CCC(c2ccsc2)=C1c1ccc(F)cc1. The van der Waals surface area contributed by atoms with Gasteiger partial charge in [-0.2, -0.15) is 11.3 Å². The van der Waals surface area contributed by atoms with Gasteiger partial charge in [0.1, 0.15) is 5.82 Å². The maximum absolute atomic E-state index is 13.2. The molecule has 1 aliphatic heterocycles. The number of amides is 1. The summed E-state index contributed by atoms with van der Waals surface area (Å²) in [6.45, 7) is 2.59. The largest absolute Gasteiger partial charge is 0.312 e. The van der Waals surface area contributed by atoms with Crippen LogP contribution < -0.4 is 0 Å². The second-order valence-electron chi connectivity index (χ2n) is 4.98.